The zero-order valence-electron chi connectivity index (χ0n) is 10.5. The van der Waals surface area contributed by atoms with E-state index in [0.29, 0.717) is 24.7 Å². The molecule has 0 spiro atoms. The van der Waals surface area contributed by atoms with E-state index in [4.69, 9.17) is 26.0 Å². The third-order valence-electron chi connectivity index (χ3n) is 3.03. The second-order valence-corrected chi connectivity index (χ2v) is 4.54. The molecule has 2 rings (SSSR count). The molecule has 1 aromatic rings. The molecule has 1 heterocycles. The Morgan fingerprint density at radius 3 is 2.63 bits per heavy atom. The van der Waals surface area contributed by atoms with Crippen molar-refractivity contribution in [1.29, 1.82) is 0 Å². The quantitative estimate of drug-likeness (QED) is 0.738. The number of rotatable bonds is 4. The Bertz CT molecular complexity index is 464. The van der Waals surface area contributed by atoms with Crippen LogP contribution in [0, 0.1) is 0 Å². The molecule has 0 fully saturated rings. The first kappa shape index (κ1) is 13.6. The van der Waals surface area contributed by atoms with E-state index in [0.717, 1.165) is 12.0 Å². The summed E-state index contributed by atoms with van der Waals surface area (Å²) >= 11 is 0. The molecule has 5 N–H and O–H groups in total. The maximum absolute atomic E-state index is 10.6. The predicted molar refractivity (Wildman–Crippen MR) is 69.2 cm³/mol. The Hall–Kier alpha value is -1.79. The van der Waals surface area contributed by atoms with Gasteiger partial charge >= 0.3 is 5.97 Å². The highest BCUT2D eigenvalue weighted by atomic mass is 16.5. The minimum atomic E-state index is -0.961. The number of aliphatic carboxylic acids is 1. The van der Waals surface area contributed by atoms with Crippen LogP contribution in [0.5, 0.6) is 11.5 Å². The first-order valence-electron chi connectivity index (χ1n) is 6.20. The monoisotopic (exact) mass is 266 g/mol. The molecule has 19 heavy (non-hydrogen) atoms. The van der Waals surface area contributed by atoms with Crippen LogP contribution >= 0.6 is 0 Å². The number of nitrogens with two attached hydrogens (primary N) is 2. The molecular formula is C13H18N2O4. The summed E-state index contributed by atoms with van der Waals surface area (Å²) in [6.07, 6.45) is 0.657. The predicted octanol–water partition coefficient (Wildman–Crippen LogP) is 0.650. The molecule has 0 amide bonds. The van der Waals surface area contributed by atoms with Crippen LogP contribution in [0.3, 0.4) is 0 Å². The molecule has 0 saturated carbocycles. The van der Waals surface area contributed by atoms with Gasteiger partial charge < -0.3 is 26.0 Å². The van der Waals surface area contributed by atoms with Crippen LogP contribution in [0.4, 0.5) is 0 Å². The molecule has 0 bridgehead atoms. The maximum Gasteiger partial charge on any atom is 0.304 e. The number of carboxylic acid groups (broad SMARTS) is 1. The highest BCUT2D eigenvalue weighted by Gasteiger charge is 2.20. The molecule has 1 aliphatic rings. The van der Waals surface area contributed by atoms with Crippen LogP contribution in [-0.4, -0.2) is 30.3 Å². The fraction of sp³-hybridized carbons (Fsp3) is 0.462. The first-order chi connectivity index (χ1) is 9.08. The fourth-order valence-electron chi connectivity index (χ4n) is 1.96. The van der Waals surface area contributed by atoms with Crippen molar-refractivity contribution in [3.63, 3.8) is 0 Å². The summed E-state index contributed by atoms with van der Waals surface area (Å²) in [7, 11) is 0. The van der Waals surface area contributed by atoms with Crippen LogP contribution in [0.2, 0.25) is 0 Å². The topological polar surface area (TPSA) is 108 Å². The van der Waals surface area contributed by atoms with Gasteiger partial charge in [-0.05, 0) is 17.7 Å². The van der Waals surface area contributed by atoms with Gasteiger partial charge in [0.15, 0.2) is 11.5 Å². The molecule has 104 valence electrons. The fourth-order valence-corrected chi connectivity index (χ4v) is 1.96. The molecule has 0 aliphatic carbocycles. The summed E-state index contributed by atoms with van der Waals surface area (Å²) in [5.41, 5.74) is 12.5. The van der Waals surface area contributed by atoms with Crippen molar-refractivity contribution < 1.29 is 19.4 Å². The van der Waals surface area contributed by atoms with Crippen molar-refractivity contribution >= 4 is 5.97 Å². The Morgan fingerprint density at radius 2 is 1.95 bits per heavy atom. The smallest absolute Gasteiger partial charge is 0.304 e. The normalized spacial score (nSPS) is 17.4. The van der Waals surface area contributed by atoms with Gasteiger partial charge in [0.1, 0.15) is 0 Å². The zero-order valence-corrected chi connectivity index (χ0v) is 10.5. The van der Waals surface area contributed by atoms with Crippen molar-refractivity contribution in [1.82, 2.24) is 0 Å². The highest BCUT2D eigenvalue weighted by molar-refractivity contribution is 5.67. The average molecular weight is 266 g/mol. The molecule has 6 heteroatoms. The Kier molecular flexibility index (Phi) is 4.24. The summed E-state index contributed by atoms with van der Waals surface area (Å²) in [5.74, 6) is 0.352. The lowest BCUT2D eigenvalue weighted by Gasteiger charge is -2.19. The minimum absolute atomic E-state index is 0.171. The van der Waals surface area contributed by atoms with E-state index in [1.165, 1.54) is 0 Å². The van der Waals surface area contributed by atoms with E-state index in [-0.39, 0.29) is 6.42 Å². The van der Waals surface area contributed by atoms with Crippen molar-refractivity contribution in [3.05, 3.63) is 23.8 Å². The number of fused-ring (bicyclic) bond motifs is 1. The third-order valence-corrected chi connectivity index (χ3v) is 3.03. The molecule has 1 aromatic carbocycles. The number of hydrogen-bond acceptors (Lipinski definition) is 5. The number of hydrogen-bond donors (Lipinski definition) is 3. The van der Waals surface area contributed by atoms with Gasteiger partial charge in [-0.15, -0.1) is 0 Å². The molecule has 0 saturated heterocycles. The second kappa shape index (κ2) is 5.90. The molecule has 0 aromatic heterocycles. The first-order valence-corrected chi connectivity index (χ1v) is 6.20. The SMILES string of the molecule is NC(CC(=O)O)C(N)c1ccc2c(c1)OCCCO2. The number of benzene rings is 1. The van der Waals surface area contributed by atoms with E-state index in [2.05, 4.69) is 0 Å². The van der Waals surface area contributed by atoms with Gasteiger partial charge in [0.2, 0.25) is 0 Å². The van der Waals surface area contributed by atoms with Gasteiger partial charge in [-0.25, -0.2) is 0 Å². The number of carbonyl (C=O) groups is 1. The Labute approximate surface area is 111 Å². The van der Waals surface area contributed by atoms with Crippen LogP contribution in [0.15, 0.2) is 18.2 Å². The largest absolute Gasteiger partial charge is 0.490 e. The lowest BCUT2D eigenvalue weighted by molar-refractivity contribution is -0.137. The molecule has 0 radical (unpaired) electrons. The van der Waals surface area contributed by atoms with Gasteiger partial charge in [-0.1, -0.05) is 6.07 Å². The van der Waals surface area contributed by atoms with Gasteiger partial charge in [0.05, 0.1) is 19.6 Å². The van der Waals surface area contributed by atoms with Crippen molar-refractivity contribution in [2.45, 2.75) is 24.9 Å². The van der Waals surface area contributed by atoms with Crippen molar-refractivity contribution in [2.75, 3.05) is 13.2 Å². The van der Waals surface area contributed by atoms with Gasteiger partial charge in [0, 0.05) is 18.5 Å². The zero-order chi connectivity index (χ0) is 13.8. The third kappa shape index (κ3) is 3.36. The van der Waals surface area contributed by atoms with Crippen LogP contribution in [-0.2, 0) is 4.79 Å². The lowest BCUT2D eigenvalue weighted by atomic mass is 9.98. The summed E-state index contributed by atoms with van der Waals surface area (Å²) in [4.78, 5) is 10.6. The van der Waals surface area contributed by atoms with Crippen molar-refractivity contribution in [2.24, 2.45) is 11.5 Å². The second-order valence-electron chi connectivity index (χ2n) is 4.54. The van der Waals surface area contributed by atoms with E-state index in [1.54, 1.807) is 18.2 Å². The maximum atomic E-state index is 10.6. The number of carboxylic acids is 1. The van der Waals surface area contributed by atoms with Gasteiger partial charge in [0.25, 0.3) is 0 Å². The summed E-state index contributed by atoms with van der Waals surface area (Å²) < 4.78 is 11.1. The van der Waals surface area contributed by atoms with E-state index >= 15 is 0 Å². The summed E-state index contributed by atoms with van der Waals surface area (Å²) in [6, 6.07) is 4.16. The molecule has 2 unspecified atom stereocenters. The lowest BCUT2D eigenvalue weighted by Crippen LogP contribution is -2.36. The Balaban J connectivity index is 2.16. The molecule has 2 atom stereocenters. The highest BCUT2D eigenvalue weighted by Crippen LogP contribution is 2.32. The van der Waals surface area contributed by atoms with Crippen LogP contribution in [0.1, 0.15) is 24.4 Å². The van der Waals surface area contributed by atoms with E-state index in [9.17, 15) is 4.79 Å². The minimum Gasteiger partial charge on any atom is -0.490 e. The summed E-state index contributed by atoms with van der Waals surface area (Å²) in [5, 5.41) is 8.73. The van der Waals surface area contributed by atoms with Crippen LogP contribution in [0.25, 0.3) is 0 Å². The number of ether oxygens (including phenoxy) is 2. The van der Waals surface area contributed by atoms with Gasteiger partial charge in [-0.3, -0.25) is 4.79 Å². The summed E-state index contributed by atoms with van der Waals surface area (Å²) in [6.45, 7) is 1.21. The Morgan fingerprint density at radius 1 is 1.26 bits per heavy atom. The van der Waals surface area contributed by atoms with Crippen molar-refractivity contribution in [3.8, 4) is 11.5 Å². The standard InChI is InChI=1S/C13H18N2O4/c14-9(7-12(16)17)13(15)8-2-3-10-11(6-8)19-5-1-4-18-10/h2-3,6,9,13H,1,4-5,7,14-15H2,(H,16,17). The molecule has 6 nitrogen and oxygen atoms in total. The van der Waals surface area contributed by atoms with Crippen LogP contribution < -0.4 is 20.9 Å². The van der Waals surface area contributed by atoms with E-state index < -0.39 is 18.1 Å². The van der Waals surface area contributed by atoms with Gasteiger partial charge in [-0.2, -0.15) is 0 Å². The molecular weight excluding hydrogens is 248 g/mol. The van der Waals surface area contributed by atoms with E-state index in [1.807, 2.05) is 0 Å². The molecule has 1 aliphatic heterocycles. The average Bonchev–Trinajstić information content (AvgIpc) is 2.61.